The summed E-state index contributed by atoms with van der Waals surface area (Å²) in [4.78, 5) is 0. The van der Waals surface area contributed by atoms with Gasteiger partial charge in [0.25, 0.3) is 0 Å². The van der Waals surface area contributed by atoms with Gasteiger partial charge in [-0.3, -0.25) is 0 Å². The van der Waals surface area contributed by atoms with Crippen LogP contribution >= 0.6 is 0 Å². The van der Waals surface area contributed by atoms with Crippen molar-refractivity contribution in [2.24, 2.45) is 0 Å². The Balaban J connectivity index is 2.73. The summed E-state index contributed by atoms with van der Waals surface area (Å²) in [6.45, 7) is 10.3. The fraction of sp³-hybridized carbons (Fsp3) is 0.333. The molecule has 0 aliphatic carbocycles. The molecule has 0 unspecified atom stereocenters. The monoisotopic (exact) mass is 460 g/mol. The predicted molar refractivity (Wildman–Crippen MR) is 118 cm³/mol. The number of hydrazine groups is 1. The summed E-state index contributed by atoms with van der Waals surface area (Å²) in [6, 6.07) is 15.0. The van der Waals surface area contributed by atoms with E-state index in [0.29, 0.717) is 0 Å². The van der Waals surface area contributed by atoms with Crippen LogP contribution < -0.4 is 10.4 Å². The first-order valence-corrected chi connectivity index (χ1v) is 19.5. The summed E-state index contributed by atoms with van der Waals surface area (Å²) < 4.78 is 65.5. The number of benzene rings is 2. The molecule has 0 atom stereocenters. The standard InChI is InChI=1S/C18H28F4N2Si4/c1-25(2,3)23(27(19,20)17-13-9-7-10-14-17)24(26(4,5)6)28(21,22)18-15-11-8-12-16-18/h7-16H,1-6H3. The average molecular weight is 461 g/mol. The Kier molecular flexibility index (Phi) is 6.63. The van der Waals surface area contributed by atoms with E-state index in [0.717, 1.165) is 8.68 Å². The molecule has 0 heterocycles. The van der Waals surface area contributed by atoms with Crippen LogP contribution in [-0.2, 0) is 0 Å². The van der Waals surface area contributed by atoms with Gasteiger partial charge in [-0.15, -0.1) is 0 Å². The van der Waals surface area contributed by atoms with Crippen molar-refractivity contribution >= 4 is 44.7 Å². The van der Waals surface area contributed by atoms with Crippen molar-refractivity contribution in [3.63, 3.8) is 0 Å². The smallest absolute Gasteiger partial charge is 0.247 e. The van der Waals surface area contributed by atoms with Crippen molar-refractivity contribution in [1.82, 2.24) is 8.68 Å². The molecule has 154 valence electrons. The van der Waals surface area contributed by atoms with Crippen LogP contribution in [0.5, 0.6) is 0 Å². The lowest BCUT2D eigenvalue weighted by atomic mass is 10.4. The van der Waals surface area contributed by atoms with Crippen molar-refractivity contribution in [3.05, 3.63) is 60.7 Å². The Morgan fingerprint density at radius 2 is 0.750 bits per heavy atom. The predicted octanol–water partition coefficient (Wildman–Crippen LogP) is 4.75. The minimum Gasteiger partial charge on any atom is -0.247 e. The highest BCUT2D eigenvalue weighted by Crippen LogP contribution is 2.34. The second-order valence-electron chi connectivity index (χ2n) is 8.78. The summed E-state index contributed by atoms with van der Waals surface area (Å²) in [6.07, 6.45) is 0. The van der Waals surface area contributed by atoms with E-state index in [9.17, 15) is 0 Å². The highest BCUT2D eigenvalue weighted by atomic mass is 28.5. The number of rotatable bonds is 7. The molecule has 2 aromatic carbocycles. The largest absolute Gasteiger partial charge is 0.546 e. The number of nitrogens with zero attached hydrogens (tertiary/aromatic N) is 2. The third-order valence-electron chi connectivity index (χ3n) is 4.25. The van der Waals surface area contributed by atoms with Gasteiger partial charge in [-0.05, 0) is 0 Å². The SMILES string of the molecule is C[Si](C)(C)N(N([Si](C)(C)C)[Si](F)(F)c1ccccc1)[Si](F)(F)c1ccccc1. The quantitative estimate of drug-likeness (QED) is 0.255. The zero-order valence-corrected chi connectivity index (χ0v) is 21.2. The van der Waals surface area contributed by atoms with E-state index < -0.39 is 34.3 Å². The molecule has 0 aliphatic heterocycles. The van der Waals surface area contributed by atoms with E-state index in [1.807, 2.05) is 0 Å². The average Bonchev–Trinajstić information content (AvgIpc) is 2.58. The van der Waals surface area contributed by atoms with Crippen molar-refractivity contribution in [3.8, 4) is 0 Å². The van der Waals surface area contributed by atoms with Crippen molar-refractivity contribution < 1.29 is 16.4 Å². The van der Waals surface area contributed by atoms with Crippen molar-refractivity contribution in [2.75, 3.05) is 0 Å². The molecule has 0 bridgehead atoms. The van der Waals surface area contributed by atoms with E-state index in [4.69, 9.17) is 0 Å². The molecule has 0 aromatic heterocycles. The van der Waals surface area contributed by atoms with Crippen LogP contribution in [0.4, 0.5) is 16.4 Å². The van der Waals surface area contributed by atoms with Gasteiger partial charge in [-0.1, -0.05) is 99.9 Å². The summed E-state index contributed by atoms with van der Waals surface area (Å²) >= 11 is 0. The molecule has 10 heteroatoms. The van der Waals surface area contributed by atoms with Crippen LogP contribution in [0.15, 0.2) is 60.7 Å². The minimum atomic E-state index is -5.35. The molecule has 2 rings (SSSR count). The third kappa shape index (κ3) is 4.74. The molecule has 0 spiro atoms. The lowest BCUT2D eigenvalue weighted by Gasteiger charge is -2.53. The zero-order chi connectivity index (χ0) is 21.4. The molecular weight excluding hydrogens is 433 g/mol. The summed E-state index contributed by atoms with van der Waals surface area (Å²) in [5, 5.41) is -0.253. The normalized spacial score (nSPS) is 14.0. The number of hydrogen-bond donors (Lipinski definition) is 0. The van der Waals surface area contributed by atoms with Gasteiger partial charge in [-0.25, -0.2) is 25.1 Å². The van der Waals surface area contributed by atoms with Crippen LogP contribution in [0.1, 0.15) is 0 Å². The van der Waals surface area contributed by atoms with E-state index >= 15 is 16.4 Å². The second kappa shape index (κ2) is 7.99. The Bertz CT molecular complexity index is 710. The molecular formula is C18H28F4N2Si4. The van der Waals surface area contributed by atoms with Crippen LogP contribution in [-0.4, -0.2) is 43.0 Å². The van der Waals surface area contributed by atoms with Crippen molar-refractivity contribution in [1.29, 1.82) is 0 Å². The molecule has 2 nitrogen and oxygen atoms in total. The van der Waals surface area contributed by atoms with Crippen LogP contribution in [0.3, 0.4) is 0 Å². The lowest BCUT2D eigenvalue weighted by molar-refractivity contribution is 0.255. The first kappa shape index (κ1) is 23.2. The van der Waals surface area contributed by atoms with Gasteiger partial charge in [-0.2, -0.15) is 0 Å². The fourth-order valence-electron chi connectivity index (χ4n) is 3.22. The first-order chi connectivity index (χ1) is 12.7. The lowest BCUT2D eigenvalue weighted by Crippen LogP contribution is -2.81. The highest BCUT2D eigenvalue weighted by Gasteiger charge is 2.63. The number of halogens is 4. The van der Waals surface area contributed by atoms with Gasteiger partial charge in [0.15, 0.2) is 0 Å². The summed E-state index contributed by atoms with van der Waals surface area (Å²) in [7, 11) is -16.4. The molecule has 0 N–H and O–H groups in total. The maximum absolute atomic E-state index is 15.9. The Hall–Kier alpha value is -1.05. The third-order valence-corrected chi connectivity index (χ3v) is 17.2. The van der Waals surface area contributed by atoms with Crippen molar-refractivity contribution in [2.45, 2.75) is 39.3 Å². The molecule has 0 saturated heterocycles. The van der Waals surface area contributed by atoms with E-state index in [1.54, 1.807) is 75.7 Å². The Morgan fingerprint density at radius 1 is 0.500 bits per heavy atom. The summed E-state index contributed by atoms with van der Waals surface area (Å²) in [5.74, 6) is 0. The maximum atomic E-state index is 15.9. The maximum Gasteiger partial charge on any atom is 0.546 e. The van der Waals surface area contributed by atoms with Crippen LogP contribution in [0.25, 0.3) is 0 Å². The van der Waals surface area contributed by atoms with Gasteiger partial charge in [0.1, 0.15) is 16.5 Å². The van der Waals surface area contributed by atoms with E-state index in [2.05, 4.69) is 0 Å². The van der Waals surface area contributed by atoms with E-state index in [-0.39, 0.29) is 10.4 Å². The second-order valence-corrected chi connectivity index (χ2v) is 23.4. The molecule has 0 saturated carbocycles. The minimum absolute atomic E-state index is 0.126. The highest BCUT2D eigenvalue weighted by molar-refractivity contribution is 6.97. The Morgan fingerprint density at radius 3 is 0.964 bits per heavy atom. The van der Waals surface area contributed by atoms with Crippen LogP contribution in [0.2, 0.25) is 39.3 Å². The number of hydrogen-bond acceptors (Lipinski definition) is 2. The molecule has 28 heavy (non-hydrogen) atoms. The van der Waals surface area contributed by atoms with Gasteiger partial charge < -0.3 is 0 Å². The molecule has 2 aromatic rings. The molecule has 0 aliphatic rings. The van der Waals surface area contributed by atoms with Crippen LogP contribution in [0, 0.1) is 0 Å². The molecule has 0 radical (unpaired) electrons. The van der Waals surface area contributed by atoms with Gasteiger partial charge in [0, 0.05) is 10.4 Å². The Labute approximate surface area is 169 Å². The van der Waals surface area contributed by atoms with Gasteiger partial charge in [0.2, 0.25) is 0 Å². The van der Waals surface area contributed by atoms with Gasteiger partial charge >= 0.3 is 17.8 Å². The van der Waals surface area contributed by atoms with Gasteiger partial charge in [0.05, 0.1) is 0 Å². The molecule has 0 amide bonds. The first-order valence-electron chi connectivity index (χ1n) is 9.17. The molecule has 0 fully saturated rings. The fourth-order valence-corrected chi connectivity index (χ4v) is 19.2. The van der Waals surface area contributed by atoms with E-state index in [1.165, 1.54) is 24.3 Å². The topological polar surface area (TPSA) is 6.48 Å². The summed E-state index contributed by atoms with van der Waals surface area (Å²) in [5.41, 5.74) is 0. The zero-order valence-electron chi connectivity index (χ0n) is 17.2.